The van der Waals surface area contributed by atoms with Crippen LogP contribution in [0.2, 0.25) is 0 Å². The van der Waals surface area contributed by atoms with E-state index in [1.54, 1.807) is 12.4 Å². The number of carbonyl (C=O) groups is 1. The first kappa shape index (κ1) is 16.9. The van der Waals surface area contributed by atoms with E-state index in [4.69, 9.17) is 5.10 Å². The first-order valence-electron chi connectivity index (χ1n) is 10.1. The van der Waals surface area contributed by atoms with Crippen LogP contribution in [0.25, 0.3) is 0 Å². The summed E-state index contributed by atoms with van der Waals surface area (Å²) in [4.78, 5) is 21.7. The van der Waals surface area contributed by atoms with Crippen molar-refractivity contribution < 1.29 is 4.79 Å². The molecule has 27 heavy (non-hydrogen) atoms. The van der Waals surface area contributed by atoms with Crippen LogP contribution in [0.3, 0.4) is 0 Å². The lowest BCUT2D eigenvalue weighted by Crippen LogP contribution is -2.54. The van der Waals surface area contributed by atoms with Gasteiger partial charge in [0.15, 0.2) is 0 Å². The zero-order chi connectivity index (χ0) is 18.4. The topological polar surface area (TPSA) is 54.3 Å². The molecule has 4 heterocycles. The van der Waals surface area contributed by atoms with Crippen molar-refractivity contribution >= 4 is 11.7 Å². The van der Waals surface area contributed by atoms with Crippen molar-refractivity contribution in [2.45, 2.75) is 51.1 Å². The summed E-state index contributed by atoms with van der Waals surface area (Å²) in [5.74, 6) is 2.09. The summed E-state index contributed by atoms with van der Waals surface area (Å²) in [6.07, 6.45) is 8.95. The number of anilines is 1. The number of aryl methyl sites for hydroxylation is 1. The van der Waals surface area contributed by atoms with Gasteiger partial charge in [-0.05, 0) is 56.2 Å². The Morgan fingerprint density at radius 2 is 1.93 bits per heavy atom. The number of piperidine rings is 1. The molecule has 2 fully saturated rings. The highest BCUT2D eigenvalue weighted by Gasteiger charge is 2.46. The second kappa shape index (κ2) is 6.44. The fraction of sp³-hybridized carbons (Fsp3) is 0.571. The lowest BCUT2D eigenvalue weighted by atomic mass is 9.82. The zero-order valence-corrected chi connectivity index (χ0v) is 16.0. The van der Waals surface area contributed by atoms with Gasteiger partial charge in [0.1, 0.15) is 5.82 Å². The summed E-state index contributed by atoms with van der Waals surface area (Å²) in [5, 5.41) is 4.84. The normalized spacial score (nSPS) is 22.3. The summed E-state index contributed by atoms with van der Waals surface area (Å²) >= 11 is 0. The fourth-order valence-corrected chi connectivity index (χ4v) is 4.65. The van der Waals surface area contributed by atoms with Gasteiger partial charge in [-0.25, -0.2) is 4.68 Å². The average Bonchev–Trinajstić information content (AvgIpc) is 3.40. The van der Waals surface area contributed by atoms with Crippen LogP contribution >= 0.6 is 0 Å². The Kier molecular flexibility index (Phi) is 4.04. The third kappa shape index (κ3) is 3.16. The van der Waals surface area contributed by atoms with Crippen LogP contribution in [0.4, 0.5) is 5.82 Å². The molecule has 2 aromatic heterocycles. The second-order valence-electron chi connectivity index (χ2n) is 8.54. The summed E-state index contributed by atoms with van der Waals surface area (Å²) in [6.45, 7) is 5.99. The van der Waals surface area contributed by atoms with Crippen LogP contribution < -0.4 is 4.90 Å². The first-order chi connectivity index (χ1) is 13.1. The number of rotatable bonds is 4. The van der Waals surface area contributed by atoms with Crippen LogP contribution in [-0.2, 0) is 16.9 Å². The number of pyridine rings is 1. The van der Waals surface area contributed by atoms with Crippen molar-refractivity contribution in [3.05, 3.63) is 41.9 Å². The molecule has 5 rings (SSSR count). The number of nitrogens with zero attached hydrogens (tertiary/aromatic N) is 5. The average molecular weight is 365 g/mol. The Bertz CT molecular complexity index is 834. The molecule has 6 heteroatoms. The summed E-state index contributed by atoms with van der Waals surface area (Å²) in [7, 11) is 0. The van der Waals surface area contributed by atoms with Crippen LogP contribution in [0.1, 0.15) is 43.4 Å². The third-order valence-corrected chi connectivity index (χ3v) is 6.41. The maximum atomic E-state index is 13.2. The number of hydrogen-bond donors (Lipinski definition) is 0. The summed E-state index contributed by atoms with van der Waals surface area (Å²) in [6, 6.07) is 6.01. The minimum atomic E-state index is -0.143. The van der Waals surface area contributed by atoms with Crippen LogP contribution in [0.5, 0.6) is 0 Å². The van der Waals surface area contributed by atoms with E-state index in [0.29, 0.717) is 13.0 Å². The Morgan fingerprint density at radius 1 is 1.19 bits per heavy atom. The number of aromatic nitrogens is 3. The van der Waals surface area contributed by atoms with Crippen molar-refractivity contribution in [3.63, 3.8) is 0 Å². The maximum Gasteiger partial charge on any atom is 0.230 e. The number of carbonyl (C=O) groups excluding carboxylic acids is 1. The lowest BCUT2D eigenvalue weighted by molar-refractivity contribution is -0.123. The molecule has 1 spiro atoms. The summed E-state index contributed by atoms with van der Waals surface area (Å²) < 4.78 is 2.18. The molecular formula is C21H27N5O. The summed E-state index contributed by atoms with van der Waals surface area (Å²) in [5.41, 5.74) is 1.94. The molecule has 0 aromatic carbocycles. The third-order valence-electron chi connectivity index (χ3n) is 6.41. The van der Waals surface area contributed by atoms with Crippen molar-refractivity contribution in [3.8, 4) is 0 Å². The van der Waals surface area contributed by atoms with Gasteiger partial charge in [0.2, 0.25) is 5.91 Å². The fourth-order valence-electron chi connectivity index (χ4n) is 4.65. The molecule has 0 radical (unpaired) electrons. The van der Waals surface area contributed by atoms with E-state index >= 15 is 0 Å². The molecule has 2 aromatic rings. The maximum absolute atomic E-state index is 13.2. The van der Waals surface area contributed by atoms with Gasteiger partial charge >= 0.3 is 0 Å². The molecule has 1 aliphatic carbocycles. The van der Waals surface area contributed by atoms with Gasteiger partial charge in [-0.3, -0.25) is 14.7 Å². The molecule has 0 N–H and O–H groups in total. The molecule has 142 valence electrons. The number of fused-ring (bicyclic) bond motifs is 2. The molecule has 1 saturated heterocycles. The molecule has 3 aliphatic rings. The molecule has 0 bridgehead atoms. The minimum absolute atomic E-state index is 0.143. The largest absolute Gasteiger partial charge is 0.303 e. The number of amides is 1. The molecule has 0 unspecified atom stereocenters. The van der Waals surface area contributed by atoms with E-state index in [-0.39, 0.29) is 11.4 Å². The van der Waals surface area contributed by atoms with Gasteiger partial charge in [0, 0.05) is 38.1 Å². The molecular weight excluding hydrogens is 338 g/mol. The van der Waals surface area contributed by atoms with Crippen molar-refractivity contribution in [1.82, 2.24) is 19.7 Å². The first-order valence-corrected chi connectivity index (χ1v) is 10.1. The van der Waals surface area contributed by atoms with Crippen molar-refractivity contribution in [2.75, 3.05) is 24.5 Å². The molecule has 6 nitrogen and oxygen atoms in total. The van der Waals surface area contributed by atoms with E-state index in [0.717, 1.165) is 48.9 Å². The molecule has 0 atom stereocenters. The highest BCUT2D eigenvalue weighted by Crippen LogP contribution is 2.42. The smallest absolute Gasteiger partial charge is 0.230 e. The second-order valence-corrected chi connectivity index (χ2v) is 8.54. The zero-order valence-electron chi connectivity index (χ0n) is 16.0. The molecule has 1 saturated carbocycles. The van der Waals surface area contributed by atoms with Gasteiger partial charge in [0.05, 0.1) is 24.2 Å². The number of likely N-dealkylation sites (tertiary alicyclic amines) is 1. The van der Waals surface area contributed by atoms with Crippen molar-refractivity contribution in [2.24, 2.45) is 5.92 Å². The standard InChI is InChI=1S/C21H27N5O/c1-16-12-19-25(15-18-4-8-22-9-5-18)20(27)13-21(26(19)23-16)6-10-24(11-7-21)14-17-2-3-17/h4-5,8-9,12,17H,2-3,6-7,10-11,13-15H2,1H3. The Labute approximate surface area is 160 Å². The number of hydrogen-bond acceptors (Lipinski definition) is 4. The highest BCUT2D eigenvalue weighted by molar-refractivity contribution is 5.94. The molecule has 2 aliphatic heterocycles. The minimum Gasteiger partial charge on any atom is -0.303 e. The van der Waals surface area contributed by atoms with Gasteiger partial charge in [-0.15, -0.1) is 0 Å². The van der Waals surface area contributed by atoms with Crippen LogP contribution in [0.15, 0.2) is 30.6 Å². The van der Waals surface area contributed by atoms with Crippen LogP contribution in [-0.4, -0.2) is 45.2 Å². The quantitative estimate of drug-likeness (QED) is 0.836. The van der Waals surface area contributed by atoms with E-state index < -0.39 is 0 Å². The Hall–Kier alpha value is -2.21. The molecule has 1 amide bonds. The monoisotopic (exact) mass is 365 g/mol. The van der Waals surface area contributed by atoms with E-state index in [1.807, 2.05) is 24.0 Å². The van der Waals surface area contributed by atoms with E-state index in [9.17, 15) is 4.79 Å². The Balaban J connectivity index is 1.41. The van der Waals surface area contributed by atoms with Gasteiger partial charge in [-0.2, -0.15) is 5.10 Å². The lowest BCUT2D eigenvalue weighted by Gasteiger charge is -2.46. The van der Waals surface area contributed by atoms with Gasteiger partial charge in [-0.1, -0.05) is 0 Å². The van der Waals surface area contributed by atoms with E-state index in [2.05, 4.69) is 20.6 Å². The highest BCUT2D eigenvalue weighted by atomic mass is 16.2. The van der Waals surface area contributed by atoms with Crippen LogP contribution in [0, 0.1) is 12.8 Å². The van der Waals surface area contributed by atoms with Crippen molar-refractivity contribution in [1.29, 1.82) is 0 Å². The van der Waals surface area contributed by atoms with Gasteiger partial charge < -0.3 is 4.90 Å². The van der Waals surface area contributed by atoms with E-state index in [1.165, 1.54) is 19.4 Å². The Morgan fingerprint density at radius 3 is 2.63 bits per heavy atom. The SMILES string of the molecule is Cc1cc2n(n1)C1(CCN(CC3CC3)CC1)CC(=O)N2Cc1ccncc1. The predicted molar refractivity (Wildman–Crippen MR) is 103 cm³/mol. The van der Waals surface area contributed by atoms with Gasteiger partial charge in [0.25, 0.3) is 0 Å². The predicted octanol–water partition coefficient (Wildman–Crippen LogP) is 2.72.